The number of H-pyrrole nitrogens is 1. The van der Waals surface area contributed by atoms with Gasteiger partial charge in [-0.15, -0.1) is 0 Å². The van der Waals surface area contributed by atoms with E-state index in [4.69, 9.17) is 4.42 Å². The number of carbonyl (C=O) groups excluding carboxylic acids is 1. The summed E-state index contributed by atoms with van der Waals surface area (Å²) in [4.78, 5) is 19.2. The molecule has 90 valence electrons. The van der Waals surface area contributed by atoms with Crippen LogP contribution in [0.2, 0.25) is 0 Å². The molecular weight excluding hydrogens is 230 g/mol. The van der Waals surface area contributed by atoms with E-state index in [1.54, 1.807) is 24.5 Å². The molecule has 0 aliphatic heterocycles. The van der Waals surface area contributed by atoms with Gasteiger partial charge in [-0.1, -0.05) is 6.07 Å². The lowest BCUT2D eigenvalue weighted by Gasteiger charge is -2.03. The monoisotopic (exact) mass is 241 g/mol. The zero-order valence-electron chi connectivity index (χ0n) is 9.73. The number of rotatable bonds is 2. The van der Waals surface area contributed by atoms with E-state index in [0.717, 1.165) is 11.2 Å². The Bertz CT molecular complexity index is 683. The summed E-state index contributed by atoms with van der Waals surface area (Å²) < 4.78 is 5.19. The molecule has 3 aromatic rings. The first kappa shape index (κ1) is 10.6. The van der Waals surface area contributed by atoms with Gasteiger partial charge in [0.1, 0.15) is 11.5 Å². The number of nitrogens with one attached hydrogen (secondary N) is 2. The van der Waals surface area contributed by atoms with Gasteiger partial charge in [-0.2, -0.15) is 0 Å². The number of anilines is 1. The third kappa shape index (κ3) is 1.86. The summed E-state index contributed by atoms with van der Waals surface area (Å²) in [5.74, 6) is 0.297. The molecule has 5 nitrogen and oxygen atoms in total. The van der Waals surface area contributed by atoms with Crippen molar-refractivity contribution in [3.05, 3.63) is 48.0 Å². The maximum atomic E-state index is 12.0. The van der Waals surface area contributed by atoms with Gasteiger partial charge in [0.05, 0.1) is 11.8 Å². The Hall–Kier alpha value is -2.56. The molecule has 0 bridgehead atoms. The number of aryl methyl sites for hydroxylation is 1. The summed E-state index contributed by atoms with van der Waals surface area (Å²) >= 11 is 0. The highest BCUT2D eigenvalue weighted by atomic mass is 16.3. The van der Waals surface area contributed by atoms with E-state index in [1.807, 2.05) is 19.1 Å². The summed E-state index contributed by atoms with van der Waals surface area (Å²) in [5.41, 5.74) is 2.77. The Balaban J connectivity index is 1.85. The van der Waals surface area contributed by atoms with Crippen LogP contribution >= 0.6 is 0 Å². The van der Waals surface area contributed by atoms with E-state index in [-0.39, 0.29) is 5.91 Å². The Labute approximate surface area is 103 Å². The molecule has 3 rings (SSSR count). The van der Waals surface area contributed by atoms with Gasteiger partial charge in [-0.3, -0.25) is 4.79 Å². The van der Waals surface area contributed by atoms with Crippen molar-refractivity contribution >= 4 is 22.8 Å². The van der Waals surface area contributed by atoms with Gasteiger partial charge >= 0.3 is 0 Å². The van der Waals surface area contributed by atoms with Crippen LogP contribution in [-0.4, -0.2) is 15.9 Å². The van der Waals surface area contributed by atoms with E-state index < -0.39 is 0 Å². The molecule has 18 heavy (non-hydrogen) atoms. The van der Waals surface area contributed by atoms with Gasteiger partial charge in [-0.05, 0) is 19.1 Å². The molecule has 0 fully saturated rings. The number of fused-ring (bicyclic) bond motifs is 1. The summed E-state index contributed by atoms with van der Waals surface area (Å²) in [5, 5.41) is 2.73. The van der Waals surface area contributed by atoms with Gasteiger partial charge in [0.25, 0.3) is 5.91 Å². The van der Waals surface area contributed by atoms with Gasteiger partial charge < -0.3 is 14.7 Å². The van der Waals surface area contributed by atoms with Crippen molar-refractivity contribution in [1.82, 2.24) is 9.97 Å². The summed E-state index contributed by atoms with van der Waals surface area (Å²) in [6.07, 6.45) is 1.57. The fourth-order valence-electron chi connectivity index (χ4n) is 1.77. The van der Waals surface area contributed by atoms with Crippen LogP contribution in [0.15, 0.2) is 41.0 Å². The Morgan fingerprint density at radius 3 is 3.06 bits per heavy atom. The highest BCUT2D eigenvalue weighted by molar-refractivity contribution is 6.04. The second kappa shape index (κ2) is 4.03. The SMILES string of the molecule is Cc1cccc(NC(=O)c2cc3occc3[nH]2)n1. The molecule has 3 aromatic heterocycles. The summed E-state index contributed by atoms with van der Waals surface area (Å²) in [7, 11) is 0. The predicted octanol–water partition coefficient (Wildman–Crippen LogP) is 2.72. The van der Waals surface area contributed by atoms with E-state index in [0.29, 0.717) is 17.1 Å². The number of hydrogen-bond acceptors (Lipinski definition) is 3. The van der Waals surface area contributed by atoms with Crippen molar-refractivity contribution in [2.75, 3.05) is 5.32 Å². The molecule has 0 aliphatic rings. The fourth-order valence-corrected chi connectivity index (χ4v) is 1.77. The van der Waals surface area contributed by atoms with Crippen LogP contribution < -0.4 is 5.32 Å². The average molecular weight is 241 g/mol. The molecule has 0 saturated heterocycles. The molecule has 0 aromatic carbocycles. The molecule has 5 heteroatoms. The molecule has 0 spiro atoms. The molecule has 2 N–H and O–H groups in total. The highest BCUT2D eigenvalue weighted by Crippen LogP contribution is 2.16. The van der Waals surface area contributed by atoms with Crippen molar-refractivity contribution in [2.45, 2.75) is 6.92 Å². The van der Waals surface area contributed by atoms with Crippen LogP contribution in [-0.2, 0) is 0 Å². The Morgan fingerprint density at radius 2 is 2.28 bits per heavy atom. The Morgan fingerprint density at radius 1 is 1.39 bits per heavy atom. The molecule has 0 aliphatic carbocycles. The third-order valence-electron chi connectivity index (χ3n) is 2.61. The lowest BCUT2D eigenvalue weighted by atomic mass is 10.3. The number of aromatic nitrogens is 2. The van der Waals surface area contributed by atoms with Crippen molar-refractivity contribution in [3.63, 3.8) is 0 Å². The minimum Gasteiger partial charge on any atom is -0.463 e. The number of pyridine rings is 1. The number of hydrogen-bond donors (Lipinski definition) is 2. The van der Waals surface area contributed by atoms with Crippen molar-refractivity contribution < 1.29 is 9.21 Å². The number of amides is 1. The highest BCUT2D eigenvalue weighted by Gasteiger charge is 2.11. The topological polar surface area (TPSA) is 70.9 Å². The quantitative estimate of drug-likeness (QED) is 0.724. The van der Waals surface area contributed by atoms with Crippen LogP contribution in [0.4, 0.5) is 5.82 Å². The number of furan rings is 1. The number of carbonyl (C=O) groups is 1. The normalized spacial score (nSPS) is 10.7. The molecule has 0 unspecified atom stereocenters. The fraction of sp³-hybridized carbons (Fsp3) is 0.0769. The maximum absolute atomic E-state index is 12.0. The van der Waals surface area contributed by atoms with Crippen LogP contribution in [0, 0.1) is 6.92 Å². The van der Waals surface area contributed by atoms with Crippen molar-refractivity contribution in [2.24, 2.45) is 0 Å². The number of aromatic amines is 1. The first-order valence-electron chi connectivity index (χ1n) is 5.53. The minimum absolute atomic E-state index is 0.237. The molecular formula is C13H11N3O2. The van der Waals surface area contributed by atoms with Crippen LogP contribution in [0.1, 0.15) is 16.2 Å². The molecule has 0 saturated carbocycles. The largest absolute Gasteiger partial charge is 0.463 e. The lowest BCUT2D eigenvalue weighted by molar-refractivity contribution is 0.102. The van der Waals surface area contributed by atoms with Crippen molar-refractivity contribution in [1.29, 1.82) is 0 Å². The third-order valence-corrected chi connectivity index (χ3v) is 2.61. The first-order chi connectivity index (χ1) is 8.72. The zero-order valence-corrected chi connectivity index (χ0v) is 9.73. The first-order valence-corrected chi connectivity index (χ1v) is 5.53. The Kier molecular flexibility index (Phi) is 2.37. The van der Waals surface area contributed by atoms with E-state index >= 15 is 0 Å². The molecule has 3 heterocycles. The lowest BCUT2D eigenvalue weighted by Crippen LogP contribution is -2.13. The van der Waals surface area contributed by atoms with Gasteiger partial charge in [0.15, 0.2) is 5.58 Å². The van der Waals surface area contributed by atoms with Crippen LogP contribution in [0.3, 0.4) is 0 Å². The van der Waals surface area contributed by atoms with Gasteiger partial charge in [0.2, 0.25) is 0 Å². The van der Waals surface area contributed by atoms with Crippen molar-refractivity contribution in [3.8, 4) is 0 Å². The van der Waals surface area contributed by atoms with Gasteiger partial charge in [0, 0.05) is 17.8 Å². The molecule has 1 amide bonds. The minimum atomic E-state index is -0.237. The molecule has 0 atom stereocenters. The van der Waals surface area contributed by atoms with Crippen LogP contribution in [0.25, 0.3) is 11.1 Å². The zero-order chi connectivity index (χ0) is 12.5. The molecule has 0 radical (unpaired) electrons. The van der Waals surface area contributed by atoms with E-state index in [2.05, 4.69) is 15.3 Å². The van der Waals surface area contributed by atoms with E-state index in [9.17, 15) is 4.79 Å². The standard InChI is InChI=1S/C13H11N3O2/c1-8-3-2-4-12(14-8)16-13(17)10-7-11-9(15-10)5-6-18-11/h2-7,15H,1H3,(H,14,16,17). The number of nitrogens with zero attached hydrogens (tertiary/aromatic N) is 1. The second-order valence-electron chi connectivity index (χ2n) is 4.00. The van der Waals surface area contributed by atoms with E-state index in [1.165, 1.54) is 0 Å². The second-order valence-corrected chi connectivity index (χ2v) is 4.00. The van der Waals surface area contributed by atoms with Gasteiger partial charge in [-0.25, -0.2) is 4.98 Å². The smallest absolute Gasteiger partial charge is 0.273 e. The van der Waals surface area contributed by atoms with Crippen LogP contribution in [0.5, 0.6) is 0 Å². The average Bonchev–Trinajstić information content (AvgIpc) is 2.88. The predicted molar refractivity (Wildman–Crippen MR) is 67.5 cm³/mol. The summed E-state index contributed by atoms with van der Waals surface area (Å²) in [6, 6.07) is 8.91. The summed E-state index contributed by atoms with van der Waals surface area (Å²) in [6.45, 7) is 1.87. The maximum Gasteiger partial charge on any atom is 0.273 e.